The highest BCUT2D eigenvalue weighted by atomic mass is 31.2. The fourth-order valence-electron chi connectivity index (χ4n) is 4.86. The van der Waals surface area contributed by atoms with E-state index in [0.717, 1.165) is 77.0 Å². The highest BCUT2D eigenvalue weighted by molar-refractivity contribution is 7.47. The van der Waals surface area contributed by atoms with Crippen LogP contribution < -0.4 is 0 Å². The standard InChI is InChI=1S/C37H69O10P/c1-3-5-7-9-11-13-15-17-19-20-22-24-26-28-36(40)44-32-35(33-46-48(42,43)45-31-34(39)30-38)47-37(41)29-27-25-23-21-18-16-14-12-10-8-6-4-2/h12-15,34-35,38-39H,3-11,16-33H2,1-2H3,(H,42,43)/b14-12+,15-13+/t34-,35+/m0/s1. The van der Waals surface area contributed by atoms with Crippen molar-refractivity contribution >= 4 is 19.8 Å². The number of carbonyl (C=O) groups excluding carboxylic acids is 2. The molecule has 0 saturated heterocycles. The fraction of sp³-hybridized carbons (Fsp3) is 0.838. The van der Waals surface area contributed by atoms with E-state index in [2.05, 4.69) is 42.7 Å². The number of unbranched alkanes of at least 4 members (excludes halogenated alkanes) is 17. The Morgan fingerprint density at radius 3 is 1.54 bits per heavy atom. The number of aliphatic hydroxyl groups is 2. The second-order valence-corrected chi connectivity index (χ2v) is 14.0. The average molecular weight is 705 g/mol. The Balaban J connectivity index is 4.40. The van der Waals surface area contributed by atoms with Crippen molar-refractivity contribution < 1.29 is 47.8 Å². The first-order valence-corrected chi connectivity index (χ1v) is 20.3. The van der Waals surface area contributed by atoms with Gasteiger partial charge < -0.3 is 24.6 Å². The van der Waals surface area contributed by atoms with Gasteiger partial charge in [-0.15, -0.1) is 0 Å². The van der Waals surface area contributed by atoms with Crippen LogP contribution >= 0.6 is 7.82 Å². The van der Waals surface area contributed by atoms with Crippen LogP contribution in [-0.4, -0.2) is 65.7 Å². The van der Waals surface area contributed by atoms with Gasteiger partial charge in [-0.05, 0) is 64.2 Å². The summed E-state index contributed by atoms with van der Waals surface area (Å²) in [6, 6.07) is 0. The van der Waals surface area contributed by atoms with Crippen LogP contribution in [0.5, 0.6) is 0 Å². The van der Waals surface area contributed by atoms with Crippen LogP contribution in [0.4, 0.5) is 0 Å². The van der Waals surface area contributed by atoms with E-state index < -0.39 is 51.8 Å². The molecule has 282 valence electrons. The topological polar surface area (TPSA) is 149 Å². The van der Waals surface area contributed by atoms with Crippen molar-refractivity contribution in [2.75, 3.05) is 26.4 Å². The molecule has 0 heterocycles. The second kappa shape index (κ2) is 33.9. The maximum absolute atomic E-state index is 12.5. The predicted molar refractivity (Wildman–Crippen MR) is 191 cm³/mol. The number of aliphatic hydroxyl groups excluding tert-OH is 2. The highest BCUT2D eigenvalue weighted by Crippen LogP contribution is 2.43. The van der Waals surface area contributed by atoms with Crippen LogP contribution in [0.3, 0.4) is 0 Å². The van der Waals surface area contributed by atoms with Crippen molar-refractivity contribution in [2.24, 2.45) is 0 Å². The smallest absolute Gasteiger partial charge is 0.462 e. The van der Waals surface area contributed by atoms with Crippen molar-refractivity contribution in [1.82, 2.24) is 0 Å². The van der Waals surface area contributed by atoms with Gasteiger partial charge in [0, 0.05) is 12.8 Å². The number of hydrogen-bond donors (Lipinski definition) is 3. The predicted octanol–water partition coefficient (Wildman–Crippen LogP) is 9.05. The molecule has 0 radical (unpaired) electrons. The van der Waals surface area contributed by atoms with E-state index in [1.54, 1.807) is 0 Å². The molecule has 0 aliphatic heterocycles. The van der Waals surface area contributed by atoms with Crippen LogP contribution in [0.15, 0.2) is 24.3 Å². The fourth-order valence-corrected chi connectivity index (χ4v) is 5.65. The van der Waals surface area contributed by atoms with Gasteiger partial charge in [-0.1, -0.05) is 109 Å². The number of ether oxygens (including phenoxy) is 2. The number of phosphoric ester groups is 1. The number of rotatable bonds is 35. The number of hydrogen-bond acceptors (Lipinski definition) is 9. The number of phosphoric acid groups is 1. The van der Waals surface area contributed by atoms with E-state index >= 15 is 0 Å². The summed E-state index contributed by atoms with van der Waals surface area (Å²) in [6.45, 7) is 2.30. The molecule has 0 aliphatic rings. The highest BCUT2D eigenvalue weighted by Gasteiger charge is 2.27. The van der Waals surface area contributed by atoms with Gasteiger partial charge >= 0.3 is 19.8 Å². The lowest BCUT2D eigenvalue weighted by molar-refractivity contribution is -0.161. The zero-order valence-corrected chi connectivity index (χ0v) is 31.1. The van der Waals surface area contributed by atoms with Crippen molar-refractivity contribution in [1.29, 1.82) is 0 Å². The Hall–Kier alpha value is -1.55. The maximum Gasteiger partial charge on any atom is 0.472 e. The van der Waals surface area contributed by atoms with E-state index in [1.165, 1.54) is 44.9 Å². The molecule has 10 nitrogen and oxygen atoms in total. The first-order chi connectivity index (χ1) is 23.2. The number of esters is 2. The van der Waals surface area contributed by atoms with Crippen LogP contribution in [0.25, 0.3) is 0 Å². The summed E-state index contributed by atoms with van der Waals surface area (Å²) in [5.74, 6) is -0.947. The van der Waals surface area contributed by atoms with Crippen LogP contribution in [0.2, 0.25) is 0 Å². The Kier molecular flexibility index (Phi) is 32.8. The van der Waals surface area contributed by atoms with E-state index in [-0.39, 0.29) is 19.4 Å². The molecule has 0 saturated carbocycles. The maximum atomic E-state index is 12.5. The molecule has 0 fully saturated rings. The lowest BCUT2D eigenvalue weighted by Crippen LogP contribution is -2.29. The average Bonchev–Trinajstić information content (AvgIpc) is 3.07. The van der Waals surface area contributed by atoms with Gasteiger partial charge in [-0.3, -0.25) is 18.6 Å². The normalized spacial score (nSPS) is 14.4. The molecule has 11 heteroatoms. The summed E-state index contributed by atoms with van der Waals surface area (Å²) in [5.41, 5.74) is 0. The van der Waals surface area contributed by atoms with E-state index in [9.17, 15) is 24.2 Å². The van der Waals surface area contributed by atoms with E-state index in [0.29, 0.717) is 12.8 Å². The van der Waals surface area contributed by atoms with Crippen LogP contribution in [-0.2, 0) is 32.7 Å². The molecule has 0 aliphatic carbocycles. The first-order valence-electron chi connectivity index (χ1n) is 18.8. The van der Waals surface area contributed by atoms with E-state index in [1.807, 2.05) is 0 Å². The van der Waals surface area contributed by atoms with Gasteiger partial charge in [0.25, 0.3) is 0 Å². The Bertz CT molecular complexity index is 863. The van der Waals surface area contributed by atoms with Crippen molar-refractivity contribution in [3.8, 4) is 0 Å². The Morgan fingerprint density at radius 2 is 1.02 bits per heavy atom. The van der Waals surface area contributed by atoms with Gasteiger partial charge in [-0.25, -0.2) is 4.57 Å². The van der Waals surface area contributed by atoms with Gasteiger partial charge in [0.15, 0.2) is 6.10 Å². The molecule has 0 spiro atoms. The summed E-state index contributed by atoms with van der Waals surface area (Å²) in [4.78, 5) is 34.8. The zero-order valence-electron chi connectivity index (χ0n) is 30.2. The third-order valence-corrected chi connectivity index (χ3v) is 8.78. The molecule has 48 heavy (non-hydrogen) atoms. The number of carbonyl (C=O) groups is 2. The van der Waals surface area contributed by atoms with Gasteiger partial charge in [0.1, 0.15) is 12.7 Å². The quantitative estimate of drug-likeness (QED) is 0.0252. The van der Waals surface area contributed by atoms with Gasteiger partial charge in [0.05, 0.1) is 19.8 Å². The summed E-state index contributed by atoms with van der Waals surface area (Å²) < 4.78 is 32.5. The third-order valence-electron chi connectivity index (χ3n) is 7.83. The lowest BCUT2D eigenvalue weighted by atomic mass is 10.1. The lowest BCUT2D eigenvalue weighted by Gasteiger charge is -2.20. The molecule has 0 amide bonds. The SMILES string of the molecule is CCCCC/C=C/CCCCCCCC(=O)O[C@H](COC(=O)CCCCCCC/C=C/CCCCCC)COP(=O)(O)OC[C@@H](O)CO. The summed E-state index contributed by atoms with van der Waals surface area (Å²) in [6.07, 6.45) is 30.0. The second-order valence-electron chi connectivity index (χ2n) is 12.6. The molecule has 0 aromatic rings. The Labute approximate surface area is 291 Å². The molecular formula is C37H69O10P. The van der Waals surface area contributed by atoms with Gasteiger partial charge in [0.2, 0.25) is 0 Å². The molecule has 3 atom stereocenters. The number of allylic oxidation sites excluding steroid dienone is 4. The van der Waals surface area contributed by atoms with E-state index in [4.69, 9.17) is 19.1 Å². The summed E-state index contributed by atoms with van der Waals surface area (Å²) in [5, 5.41) is 18.2. The Morgan fingerprint density at radius 1 is 0.604 bits per heavy atom. The zero-order chi connectivity index (χ0) is 35.6. The van der Waals surface area contributed by atoms with Crippen molar-refractivity contribution in [2.45, 2.75) is 174 Å². The molecule has 0 rings (SSSR count). The molecule has 3 N–H and O–H groups in total. The minimum Gasteiger partial charge on any atom is -0.462 e. The molecule has 0 bridgehead atoms. The van der Waals surface area contributed by atoms with Crippen molar-refractivity contribution in [3.63, 3.8) is 0 Å². The monoisotopic (exact) mass is 704 g/mol. The van der Waals surface area contributed by atoms with Crippen molar-refractivity contribution in [3.05, 3.63) is 24.3 Å². The minimum atomic E-state index is -4.61. The van der Waals surface area contributed by atoms with Gasteiger partial charge in [-0.2, -0.15) is 0 Å². The van der Waals surface area contributed by atoms with Crippen LogP contribution in [0, 0.1) is 0 Å². The first kappa shape index (κ1) is 46.5. The largest absolute Gasteiger partial charge is 0.472 e. The molecule has 0 aromatic carbocycles. The minimum absolute atomic E-state index is 0.173. The summed E-state index contributed by atoms with van der Waals surface area (Å²) >= 11 is 0. The third kappa shape index (κ3) is 33.0. The van der Waals surface area contributed by atoms with Crippen LogP contribution in [0.1, 0.15) is 162 Å². The summed E-state index contributed by atoms with van der Waals surface area (Å²) in [7, 11) is -4.61. The molecule has 0 aromatic heterocycles. The molecule has 1 unspecified atom stereocenters. The molecular weight excluding hydrogens is 635 g/mol.